The lowest BCUT2D eigenvalue weighted by Crippen LogP contribution is -2.28. The molecule has 0 radical (unpaired) electrons. The van der Waals surface area contributed by atoms with Crippen LogP contribution in [0.5, 0.6) is 34.5 Å². The number of nitrogens with zero attached hydrogens (tertiary/aromatic N) is 5. The maximum atomic E-state index is 13.0. The number of sulfonamides is 5. The Balaban J connectivity index is 0.000000161. The smallest absolute Gasteiger partial charge is 0.274 e. The summed E-state index contributed by atoms with van der Waals surface area (Å²) in [4.78, 5) is 4.84. The van der Waals surface area contributed by atoms with Crippen LogP contribution in [0.1, 0.15) is 75.3 Å². The van der Waals surface area contributed by atoms with E-state index in [1.54, 1.807) is 48.0 Å². The van der Waals surface area contributed by atoms with E-state index in [1.165, 1.54) is 76.5 Å². The zero-order valence-electron chi connectivity index (χ0n) is 56.4. The van der Waals surface area contributed by atoms with Crippen molar-refractivity contribution in [1.82, 2.24) is 21.9 Å². The molecule has 26 nitrogen and oxygen atoms in total. The largest absolute Gasteiger partial charge is 0.504 e. The summed E-state index contributed by atoms with van der Waals surface area (Å²) in [7, 11) is -2.35. The number of thiophene rings is 6. The highest BCUT2D eigenvalue weighted by atomic mass is 79.9. The van der Waals surface area contributed by atoms with Crippen LogP contribution in [0, 0.1) is 0 Å². The Labute approximate surface area is 654 Å². The first-order valence-electron chi connectivity index (χ1n) is 30.6. The first-order chi connectivity index (χ1) is 48.4. The summed E-state index contributed by atoms with van der Waals surface area (Å²) in [5.41, 5.74) is 14.7. The van der Waals surface area contributed by atoms with Crippen LogP contribution in [0.4, 0.5) is 17.1 Å². The Kier molecular flexibility index (Phi) is 29.2. The standard InChI is InChI=1S/C22H22N2O3S2.C9H12BrNO3S2.C9H14N2O3S2.C8H10BrNO3S2.C8H12N2O3S2.C5H4BrClO3S2/c1-24(18-13-14-18)29(25,26)22-21(27-2)19(15-28-22)23-20(16-9-5-3-6-10-16)17-11-7-4-8-12-17;2*1-11(6-3-4-6)16(12,13)9-8(14-2)7(10)5-15-9;1-13-7-6(9)4-14-8(7)15(11,12)10-5-2-3-5;1-10(5-2-3-5)15(12,13)8-7(11)6(9)4-14-8;1-10-4-3(6)2-11-5(4)12(7,8)9/h3-12,15,18H,13-14H2,1-2H3;5-6H,3-4H2,1-2H3;5-6H,3-4,10H2,1-2H3;4-5,10H,2-3H2,1H3;4-5,11H,2-3,9H2,1H3;2H,1H3. The molecule has 0 amide bonds. The van der Waals surface area contributed by atoms with Gasteiger partial charge in [-0.25, -0.2) is 60.2 Å². The highest BCUT2D eigenvalue weighted by Gasteiger charge is 2.42. The van der Waals surface area contributed by atoms with E-state index in [2.05, 4.69) is 52.5 Å². The van der Waals surface area contributed by atoms with Crippen molar-refractivity contribution in [2.75, 3.05) is 75.2 Å². The zero-order valence-corrected chi connectivity index (χ0v) is 71.7. The van der Waals surface area contributed by atoms with Crippen LogP contribution >= 0.6 is 126 Å². The molecule has 5 fully saturated rings. The van der Waals surface area contributed by atoms with Gasteiger partial charge >= 0.3 is 0 Å². The number of nitrogens with two attached hydrogens (primary N) is 2. The van der Waals surface area contributed by atoms with Gasteiger partial charge in [0.05, 0.1) is 66.1 Å². The number of anilines is 2. The topological polar surface area (TPSA) is 361 Å². The molecule has 6 N–H and O–H groups in total. The van der Waals surface area contributed by atoms with Gasteiger partial charge in [0.1, 0.15) is 5.69 Å². The van der Waals surface area contributed by atoms with Gasteiger partial charge in [-0.1, -0.05) is 60.7 Å². The highest BCUT2D eigenvalue weighted by Crippen LogP contribution is 2.47. The first-order valence-corrected chi connectivity index (χ1v) is 47.8. The number of nitrogens with one attached hydrogen (secondary N) is 1. The fourth-order valence-corrected chi connectivity index (χ4v) is 28.2. The van der Waals surface area contributed by atoms with E-state index in [1.807, 2.05) is 60.7 Å². The third-order valence-corrected chi connectivity index (χ3v) is 38.0. The number of aromatic hydroxyl groups is 1. The molecule has 0 spiro atoms. The summed E-state index contributed by atoms with van der Waals surface area (Å²) < 4.78 is 181. The molecular weight excluding hydrogens is 1790 g/mol. The summed E-state index contributed by atoms with van der Waals surface area (Å²) in [6, 6.07) is 20.3. The molecule has 42 heteroatoms. The second-order valence-electron chi connectivity index (χ2n) is 23.0. The third kappa shape index (κ3) is 20.8. The second kappa shape index (κ2) is 35.5. The highest BCUT2D eigenvalue weighted by molar-refractivity contribution is 9.11. The third-order valence-electron chi connectivity index (χ3n) is 15.6. The lowest BCUT2D eigenvalue weighted by Gasteiger charge is -2.16. The predicted octanol–water partition coefficient (Wildman–Crippen LogP) is 13.4. The predicted molar refractivity (Wildman–Crippen MR) is 419 cm³/mol. The van der Waals surface area contributed by atoms with Gasteiger partial charge in [-0.15, -0.1) is 68.0 Å². The van der Waals surface area contributed by atoms with Crippen molar-refractivity contribution < 1.29 is 79.3 Å². The molecule has 5 saturated carbocycles. The number of nitrogen functional groups attached to an aromatic ring is 2. The van der Waals surface area contributed by atoms with Gasteiger partial charge in [0, 0.05) is 112 Å². The van der Waals surface area contributed by atoms with E-state index >= 15 is 0 Å². The Morgan fingerprint density at radius 3 is 1.11 bits per heavy atom. The molecule has 2 aromatic carbocycles. The number of aliphatic imine (C=N–C) groups is 1. The maximum absolute atomic E-state index is 13.0. The first kappa shape index (κ1) is 84.6. The summed E-state index contributed by atoms with van der Waals surface area (Å²) in [5, 5.41) is 19.3. The number of halogens is 4. The van der Waals surface area contributed by atoms with Gasteiger partial charge in [-0.3, -0.25) is 0 Å². The molecule has 0 unspecified atom stereocenters. The van der Waals surface area contributed by atoms with Gasteiger partial charge in [0.15, 0.2) is 59.8 Å². The quantitative estimate of drug-likeness (QED) is 0.0322. The van der Waals surface area contributed by atoms with E-state index in [-0.39, 0.29) is 78.4 Å². The van der Waals surface area contributed by atoms with Crippen LogP contribution in [0.3, 0.4) is 0 Å². The van der Waals surface area contributed by atoms with Crippen LogP contribution in [0.2, 0.25) is 0 Å². The number of hydrogen-bond acceptors (Lipinski definition) is 27. The van der Waals surface area contributed by atoms with Gasteiger partial charge < -0.3 is 40.3 Å². The van der Waals surface area contributed by atoms with Crippen molar-refractivity contribution in [2.24, 2.45) is 4.99 Å². The summed E-state index contributed by atoms with van der Waals surface area (Å²) in [6.07, 6.45) is 9.19. The number of rotatable bonds is 24. The molecule has 6 aromatic heterocycles. The average Bonchev–Trinajstić information content (AvgIpc) is 1.53. The fraction of sp³-hybridized carbons (Fsp3) is 0.393. The van der Waals surface area contributed by atoms with E-state index in [4.69, 9.17) is 50.8 Å². The van der Waals surface area contributed by atoms with Crippen molar-refractivity contribution >= 4 is 208 Å². The monoisotopic (exact) mass is 1860 g/mol. The lowest BCUT2D eigenvalue weighted by atomic mass is 10.0. The van der Waals surface area contributed by atoms with Crippen LogP contribution < -0.4 is 39.9 Å². The minimum Gasteiger partial charge on any atom is -0.504 e. The lowest BCUT2D eigenvalue weighted by molar-refractivity contribution is 0.399. The number of ether oxygens (including phenoxy) is 5. The number of methoxy groups -OCH3 is 5. The van der Waals surface area contributed by atoms with Crippen LogP contribution in [0.25, 0.3) is 0 Å². The molecule has 6 heterocycles. The minimum absolute atomic E-state index is 0.0264. The van der Waals surface area contributed by atoms with Gasteiger partial charge in [-0.05, 0) is 112 Å². The molecule has 0 atom stereocenters. The maximum Gasteiger partial charge on any atom is 0.274 e. The summed E-state index contributed by atoms with van der Waals surface area (Å²) in [5.74, 6) is 1.28. The molecule has 5 aliphatic carbocycles. The number of hydrogen-bond donors (Lipinski definition) is 4. The van der Waals surface area contributed by atoms with Crippen molar-refractivity contribution in [1.29, 1.82) is 0 Å². The van der Waals surface area contributed by atoms with Crippen molar-refractivity contribution in [3.8, 4) is 34.5 Å². The molecule has 13 rings (SSSR count). The molecule has 566 valence electrons. The fourth-order valence-electron chi connectivity index (χ4n) is 9.16. The summed E-state index contributed by atoms with van der Waals surface area (Å²) in [6.45, 7) is 0. The SMILES string of the molecule is CN(C1CC1)S(=O)(=O)c1scc(N)c1O.COc1c(Br)csc1S(=O)(=O)Cl.COc1c(Br)csc1S(=O)(=O)N(C)C1CC1.COc1c(Br)csc1S(=O)(=O)NC1CC1.COc1c(N)csc1S(=O)(=O)N(C)C1CC1.COc1c(N=C(c2ccccc2)c2ccccc2)csc1S(=O)(=O)N(C)C1CC1. The van der Waals surface area contributed by atoms with E-state index in [0.29, 0.717) is 42.0 Å². The molecule has 0 saturated heterocycles. The molecule has 5 aliphatic rings. The van der Waals surface area contributed by atoms with Gasteiger partial charge in [0.25, 0.3) is 59.2 Å². The molecular formula is C61H74Br3ClN8O18S12. The minimum atomic E-state index is -3.69. The number of benzene rings is 2. The Bertz CT molecular complexity index is 4870. The molecule has 8 aromatic rings. The Hall–Kier alpha value is -4.06. The zero-order chi connectivity index (χ0) is 75.9. The molecule has 0 aliphatic heterocycles. The van der Waals surface area contributed by atoms with Crippen molar-refractivity contribution in [3.05, 3.63) is 117 Å². The van der Waals surface area contributed by atoms with Crippen LogP contribution in [0.15, 0.2) is 137 Å². The molecule has 103 heavy (non-hydrogen) atoms. The van der Waals surface area contributed by atoms with E-state index in [0.717, 1.165) is 138 Å². The van der Waals surface area contributed by atoms with E-state index in [9.17, 15) is 55.6 Å². The summed E-state index contributed by atoms with van der Waals surface area (Å²) >= 11 is 16.2. The van der Waals surface area contributed by atoms with E-state index < -0.39 is 59.2 Å². The van der Waals surface area contributed by atoms with Gasteiger partial charge in [0.2, 0.25) is 0 Å². The molecule has 0 bridgehead atoms. The Morgan fingerprint density at radius 1 is 0.447 bits per heavy atom. The van der Waals surface area contributed by atoms with Crippen molar-refractivity contribution in [2.45, 2.75) is 120 Å². The van der Waals surface area contributed by atoms with Crippen LogP contribution in [-0.2, 0) is 59.2 Å². The normalized spacial score (nSPS) is 15.4. The average molecular weight is 1870 g/mol. The van der Waals surface area contributed by atoms with Crippen LogP contribution in [-0.4, -0.2) is 172 Å². The van der Waals surface area contributed by atoms with Crippen molar-refractivity contribution in [3.63, 3.8) is 0 Å². The second-order valence-corrected chi connectivity index (χ2v) is 44.3. The van der Waals surface area contributed by atoms with Gasteiger partial charge in [-0.2, -0.15) is 17.2 Å². The Morgan fingerprint density at radius 2 is 0.757 bits per heavy atom.